The summed E-state index contributed by atoms with van der Waals surface area (Å²) >= 11 is 0. The molecule has 2 rings (SSSR count). The highest BCUT2D eigenvalue weighted by Crippen LogP contribution is 2.52. The molecule has 2 fully saturated rings. The van der Waals surface area contributed by atoms with Gasteiger partial charge in [0, 0.05) is 13.0 Å². The highest BCUT2D eigenvalue weighted by molar-refractivity contribution is 5.79. The third-order valence-electron chi connectivity index (χ3n) is 3.44. The fourth-order valence-electron chi connectivity index (χ4n) is 2.64. The molecule has 0 saturated heterocycles. The maximum Gasteiger partial charge on any atom is 0.135 e. The summed E-state index contributed by atoms with van der Waals surface area (Å²) in [7, 11) is 1.74. The summed E-state index contributed by atoms with van der Waals surface area (Å²) < 4.78 is 5.40. The zero-order valence-electron chi connectivity index (χ0n) is 7.75. The molecule has 0 N–H and O–H groups in total. The molecule has 0 unspecified atom stereocenters. The third kappa shape index (κ3) is 1.18. The topological polar surface area (TPSA) is 26.3 Å². The van der Waals surface area contributed by atoms with Crippen LogP contribution in [0.15, 0.2) is 0 Å². The van der Waals surface area contributed by atoms with Gasteiger partial charge in [-0.25, -0.2) is 0 Å². The predicted molar refractivity (Wildman–Crippen MR) is 45.8 cm³/mol. The zero-order chi connectivity index (χ0) is 8.72. The molecule has 0 bridgehead atoms. The number of fused-ring (bicyclic) bond motifs is 1. The molecule has 0 radical (unpaired) electrons. The lowest BCUT2D eigenvalue weighted by atomic mass is 9.84. The third-order valence-corrected chi connectivity index (χ3v) is 3.44. The summed E-state index contributed by atoms with van der Waals surface area (Å²) in [6.45, 7) is 1.69. The van der Waals surface area contributed by atoms with Gasteiger partial charge in [0.25, 0.3) is 0 Å². The van der Waals surface area contributed by atoms with E-state index in [2.05, 4.69) is 0 Å². The van der Waals surface area contributed by atoms with Gasteiger partial charge >= 0.3 is 0 Å². The monoisotopic (exact) mass is 168 g/mol. The highest BCUT2D eigenvalue weighted by Gasteiger charge is 2.50. The Labute approximate surface area is 73.3 Å². The van der Waals surface area contributed by atoms with Crippen LogP contribution >= 0.6 is 0 Å². The van der Waals surface area contributed by atoms with Gasteiger partial charge in [-0.2, -0.15) is 0 Å². The van der Waals surface area contributed by atoms with Crippen LogP contribution in [0.5, 0.6) is 0 Å². The van der Waals surface area contributed by atoms with E-state index in [0.29, 0.717) is 11.7 Å². The molecule has 0 amide bonds. The van der Waals surface area contributed by atoms with E-state index in [4.69, 9.17) is 4.74 Å². The summed E-state index contributed by atoms with van der Waals surface area (Å²) in [5, 5.41) is 0. The van der Waals surface area contributed by atoms with Gasteiger partial charge in [-0.1, -0.05) is 0 Å². The van der Waals surface area contributed by atoms with Crippen LogP contribution in [0.25, 0.3) is 0 Å². The van der Waals surface area contributed by atoms with Gasteiger partial charge in [-0.3, -0.25) is 4.79 Å². The Kier molecular flexibility index (Phi) is 1.95. The van der Waals surface area contributed by atoms with Gasteiger partial charge in [0.2, 0.25) is 0 Å². The molecule has 2 heteroatoms. The van der Waals surface area contributed by atoms with E-state index >= 15 is 0 Å². The molecule has 0 spiro atoms. The van der Waals surface area contributed by atoms with E-state index in [-0.39, 0.29) is 12.0 Å². The summed E-state index contributed by atoms with van der Waals surface area (Å²) in [5.41, 5.74) is 0. The molecule has 12 heavy (non-hydrogen) atoms. The number of carbonyl (C=O) groups is 1. The minimum atomic E-state index is 0.193. The lowest BCUT2D eigenvalue weighted by molar-refractivity contribution is -0.127. The van der Waals surface area contributed by atoms with Crippen molar-refractivity contribution in [1.82, 2.24) is 0 Å². The molecule has 4 atom stereocenters. The van der Waals surface area contributed by atoms with Crippen molar-refractivity contribution >= 4 is 5.78 Å². The Morgan fingerprint density at radius 3 is 2.75 bits per heavy atom. The molecule has 2 aliphatic rings. The van der Waals surface area contributed by atoms with Crippen LogP contribution < -0.4 is 0 Å². The van der Waals surface area contributed by atoms with E-state index in [1.54, 1.807) is 14.0 Å². The second-order valence-corrected chi connectivity index (χ2v) is 4.15. The van der Waals surface area contributed by atoms with Crippen molar-refractivity contribution in [2.24, 2.45) is 17.8 Å². The van der Waals surface area contributed by atoms with Crippen LogP contribution in [-0.4, -0.2) is 19.0 Å². The number of hydrogen-bond acceptors (Lipinski definition) is 2. The molecule has 0 aliphatic heterocycles. The number of rotatable bonds is 2. The summed E-state index contributed by atoms with van der Waals surface area (Å²) in [6, 6.07) is 0. The first-order chi connectivity index (χ1) is 5.74. The molecule has 0 aromatic heterocycles. The molecule has 2 saturated carbocycles. The van der Waals surface area contributed by atoms with Gasteiger partial charge in [0.05, 0.1) is 6.10 Å². The van der Waals surface area contributed by atoms with Crippen molar-refractivity contribution in [2.45, 2.75) is 32.3 Å². The fraction of sp³-hybridized carbons (Fsp3) is 0.900. The standard InChI is InChI=1S/C10H16O2/c1-6(11)8-4-3-7-5-9(7)10(8)12-2/h7-10H,3-5H2,1-2H3/t7-,8+,9+,10+/m0/s1. The van der Waals surface area contributed by atoms with Gasteiger partial charge < -0.3 is 4.74 Å². The van der Waals surface area contributed by atoms with E-state index in [1.807, 2.05) is 0 Å². The Bertz CT molecular complexity index is 200. The lowest BCUT2D eigenvalue weighted by Crippen LogP contribution is -2.33. The van der Waals surface area contributed by atoms with Gasteiger partial charge in [0.15, 0.2) is 0 Å². The molecule has 0 aromatic rings. The molecular weight excluding hydrogens is 152 g/mol. The number of Topliss-reactive ketones (excluding diaryl/α,β-unsaturated/α-hetero) is 1. The van der Waals surface area contributed by atoms with Crippen molar-refractivity contribution in [3.8, 4) is 0 Å². The van der Waals surface area contributed by atoms with Crippen molar-refractivity contribution in [2.75, 3.05) is 7.11 Å². The van der Waals surface area contributed by atoms with Gasteiger partial charge in [0.1, 0.15) is 5.78 Å². The lowest BCUT2D eigenvalue weighted by Gasteiger charge is -2.28. The molecular formula is C10H16O2. The van der Waals surface area contributed by atoms with E-state index < -0.39 is 0 Å². The molecule has 0 aromatic carbocycles. The number of ether oxygens (including phenoxy) is 1. The Morgan fingerprint density at radius 2 is 2.17 bits per heavy atom. The highest BCUT2D eigenvalue weighted by atomic mass is 16.5. The smallest absolute Gasteiger partial charge is 0.135 e. The van der Waals surface area contributed by atoms with Gasteiger partial charge in [-0.15, -0.1) is 0 Å². The van der Waals surface area contributed by atoms with E-state index in [9.17, 15) is 4.79 Å². The Morgan fingerprint density at radius 1 is 1.42 bits per heavy atom. The second kappa shape index (κ2) is 2.84. The second-order valence-electron chi connectivity index (χ2n) is 4.15. The van der Waals surface area contributed by atoms with Crippen molar-refractivity contribution in [3.63, 3.8) is 0 Å². The molecule has 2 aliphatic carbocycles. The maximum atomic E-state index is 11.3. The van der Waals surface area contributed by atoms with Crippen LogP contribution in [-0.2, 0) is 9.53 Å². The summed E-state index contributed by atoms with van der Waals surface area (Å²) in [5.74, 6) is 2.09. The number of ketones is 1. The molecule has 68 valence electrons. The normalized spacial score (nSPS) is 45.2. The first kappa shape index (κ1) is 8.24. The van der Waals surface area contributed by atoms with Crippen LogP contribution in [0.4, 0.5) is 0 Å². The minimum absolute atomic E-state index is 0.193. The largest absolute Gasteiger partial charge is 0.380 e. The first-order valence-electron chi connectivity index (χ1n) is 4.77. The van der Waals surface area contributed by atoms with Crippen LogP contribution in [0.2, 0.25) is 0 Å². The SMILES string of the molecule is CO[C@H]1[C@@H]2C[C@@H]2CC[C@@H]1C(C)=O. The molecule has 0 heterocycles. The number of methoxy groups -OCH3 is 1. The van der Waals surface area contributed by atoms with Crippen LogP contribution in [0.3, 0.4) is 0 Å². The first-order valence-corrected chi connectivity index (χ1v) is 4.77. The average molecular weight is 168 g/mol. The quantitative estimate of drug-likeness (QED) is 0.626. The van der Waals surface area contributed by atoms with E-state index in [1.165, 1.54) is 12.8 Å². The Hall–Kier alpha value is -0.370. The van der Waals surface area contributed by atoms with Crippen LogP contribution in [0, 0.1) is 17.8 Å². The van der Waals surface area contributed by atoms with Crippen molar-refractivity contribution < 1.29 is 9.53 Å². The predicted octanol–water partition coefficient (Wildman–Crippen LogP) is 1.64. The van der Waals surface area contributed by atoms with Crippen molar-refractivity contribution in [1.29, 1.82) is 0 Å². The van der Waals surface area contributed by atoms with Gasteiger partial charge in [-0.05, 0) is 38.0 Å². The minimum Gasteiger partial charge on any atom is -0.380 e. The summed E-state index contributed by atoms with van der Waals surface area (Å²) in [4.78, 5) is 11.3. The van der Waals surface area contributed by atoms with Crippen LogP contribution in [0.1, 0.15) is 26.2 Å². The Balaban J connectivity index is 2.06. The van der Waals surface area contributed by atoms with Crippen molar-refractivity contribution in [3.05, 3.63) is 0 Å². The fourth-order valence-corrected chi connectivity index (χ4v) is 2.64. The number of carbonyl (C=O) groups excluding carboxylic acids is 1. The molecule has 2 nitrogen and oxygen atoms in total. The zero-order valence-corrected chi connectivity index (χ0v) is 7.75. The van der Waals surface area contributed by atoms with E-state index in [0.717, 1.165) is 12.3 Å². The number of hydrogen-bond donors (Lipinski definition) is 0. The maximum absolute atomic E-state index is 11.3. The summed E-state index contributed by atoms with van der Waals surface area (Å²) in [6.07, 6.45) is 3.83. The average Bonchev–Trinajstić information content (AvgIpc) is 2.79.